The minimum Gasteiger partial charge on any atom is -0.390 e. The molecule has 0 atom stereocenters. The first-order chi connectivity index (χ1) is 3.80. The van der Waals surface area contributed by atoms with Gasteiger partial charge in [0.1, 0.15) is 5.16 Å². The molecule has 8 heavy (non-hydrogen) atoms. The molecule has 0 amide bonds. The number of rotatable bonds is 1. The molecular weight excluding hydrogens is 114 g/mol. The summed E-state index contributed by atoms with van der Waals surface area (Å²) in [6, 6.07) is 0. The third-order valence-corrected chi connectivity index (χ3v) is 0.513. The van der Waals surface area contributed by atoms with Crippen molar-refractivity contribution in [1.29, 1.82) is 0 Å². The molecule has 0 fully saturated rings. The van der Waals surface area contributed by atoms with Gasteiger partial charge in [0.25, 0.3) is 0 Å². The first-order valence-corrected chi connectivity index (χ1v) is 1.71. The highest BCUT2D eigenvalue weighted by molar-refractivity contribution is 4.93. The smallest absolute Gasteiger partial charge is 0.390 e. The SMILES string of the molecule is O=[N+]([O-])c1ncon1. The molecule has 0 bridgehead atoms. The van der Waals surface area contributed by atoms with E-state index in [9.17, 15) is 10.1 Å². The molecule has 6 nitrogen and oxygen atoms in total. The van der Waals surface area contributed by atoms with Gasteiger partial charge >= 0.3 is 12.3 Å². The van der Waals surface area contributed by atoms with Gasteiger partial charge in [0, 0.05) is 0 Å². The standard InChI is InChI=1S/C2HN3O3/c6-5(7)2-3-1-8-4-2/h1H. The average Bonchev–Trinajstić information content (AvgIpc) is 2.12. The van der Waals surface area contributed by atoms with Crippen LogP contribution in [0.1, 0.15) is 0 Å². The molecule has 0 aromatic carbocycles. The largest absolute Gasteiger partial charge is 0.510 e. The second-order valence-corrected chi connectivity index (χ2v) is 0.988. The molecule has 0 aliphatic heterocycles. The lowest BCUT2D eigenvalue weighted by atomic mass is 11.1. The Morgan fingerprint density at radius 3 is 2.88 bits per heavy atom. The number of hydrogen-bond acceptors (Lipinski definition) is 5. The highest BCUT2D eigenvalue weighted by atomic mass is 16.6. The number of nitrogens with zero attached hydrogens (tertiary/aromatic N) is 3. The monoisotopic (exact) mass is 115 g/mol. The number of hydrogen-bond donors (Lipinski definition) is 0. The van der Waals surface area contributed by atoms with Crippen LogP contribution in [0.15, 0.2) is 10.9 Å². The van der Waals surface area contributed by atoms with Gasteiger partial charge in [-0.15, -0.1) is 0 Å². The first kappa shape index (κ1) is 4.69. The van der Waals surface area contributed by atoms with Gasteiger partial charge in [-0.3, -0.25) is 4.52 Å². The van der Waals surface area contributed by atoms with Gasteiger partial charge in [0.05, 0.1) is 0 Å². The summed E-state index contributed by atoms with van der Waals surface area (Å²) in [4.78, 5) is 12.1. The Morgan fingerprint density at radius 1 is 1.88 bits per heavy atom. The van der Waals surface area contributed by atoms with Crippen LogP contribution < -0.4 is 0 Å². The fraction of sp³-hybridized carbons (Fsp3) is 0. The second-order valence-electron chi connectivity index (χ2n) is 0.988. The van der Waals surface area contributed by atoms with E-state index in [1.54, 1.807) is 0 Å². The molecule has 42 valence electrons. The highest BCUT2D eigenvalue weighted by Crippen LogP contribution is 1.96. The van der Waals surface area contributed by atoms with E-state index in [2.05, 4.69) is 14.7 Å². The summed E-state index contributed by atoms with van der Waals surface area (Å²) < 4.78 is 4.07. The van der Waals surface area contributed by atoms with Crippen molar-refractivity contribution < 1.29 is 9.45 Å². The van der Waals surface area contributed by atoms with Crippen LogP contribution in [-0.4, -0.2) is 15.1 Å². The zero-order valence-electron chi connectivity index (χ0n) is 3.64. The zero-order chi connectivity index (χ0) is 5.98. The van der Waals surface area contributed by atoms with Crippen molar-refractivity contribution in [2.75, 3.05) is 0 Å². The molecule has 1 rings (SSSR count). The molecule has 0 N–H and O–H groups in total. The van der Waals surface area contributed by atoms with Crippen molar-refractivity contribution in [2.45, 2.75) is 0 Å². The van der Waals surface area contributed by atoms with E-state index in [1.807, 2.05) is 0 Å². The molecule has 0 saturated carbocycles. The van der Waals surface area contributed by atoms with Gasteiger partial charge in [-0.05, 0) is 9.91 Å². The van der Waals surface area contributed by atoms with Crippen LogP contribution in [0.4, 0.5) is 5.95 Å². The van der Waals surface area contributed by atoms with Gasteiger partial charge in [-0.25, -0.2) is 0 Å². The Labute approximate surface area is 43.3 Å². The molecule has 6 heteroatoms. The Hall–Kier alpha value is -1.46. The lowest BCUT2D eigenvalue weighted by Crippen LogP contribution is -1.88. The summed E-state index contributed by atoms with van der Waals surface area (Å²) in [7, 11) is 0. The predicted molar refractivity (Wildman–Crippen MR) is 21.0 cm³/mol. The lowest BCUT2D eigenvalue weighted by Gasteiger charge is -1.79. The fourth-order valence-corrected chi connectivity index (χ4v) is 0.245. The molecule has 0 aliphatic rings. The van der Waals surface area contributed by atoms with Crippen LogP contribution in [0.3, 0.4) is 0 Å². The minimum atomic E-state index is -0.733. The van der Waals surface area contributed by atoms with Gasteiger partial charge in [-0.1, -0.05) is 0 Å². The zero-order valence-corrected chi connectivity index (χ0v) is 3.64. The Kier molecular flexibility index (Phi) is 0.918. The first-order valence-electron chi connectivity index (χ1n) is 1.71. The summed E-state index contributed by atoms with van der Waals surface area (Å²) in [6.07, 6.45) is 0.901. The van der Waals surface area contributed by atoms with E-state index in [0.717, 1.165) is 6.39 Å². The molecule has 0 aliphatic carbocycles. The highest BCUT2D eigenvalue weighted by Gasteiger charge is 2.08. The van der Waals surface area contributed by atoms with E-state index in [-0.39, 0.29) is 0 Å². The maximum absolute atomic E-state index is 9.68. The Bertz CT molecular complexity index is 180. The molecule has 0 saturated heterocycles. The second kappa shape index (κ2) is 1.57. The lowest BCUT2D eigenvalue weighted by molar-refractivity contribution is -0.395. The topological polar surface area (TPSA) is 82.1 Å². The summed E-state index contributed by atoms with van der Waals surface area (Å²) in [5.74, 6) is -0.509. The molecule has 1 heterocycles. The summed E-state index contributed by atoms with van der Waals surface area (Å²) in [5, 5.41) is 12.6. The molecule has 0 spiro atoms. The van der Waals surface area contributed by atoms with Gasteiger partial charge in [0.15, 0.2) is 0 Å². The maximum Gasteiger partial charge on any atom is 0.510 e. The van der Waals surface area contributed by atoms with Crippen LogP contribution in [0, 0.1) is 10.1 Å². The summed E-state index contributed by atoms with van der Waals surface area (Å²) in [6.45, 7) is 0. The number of nitro groups is 1. The van der Waals surface area contributed by atoms with E-state index in [4.69, 9.17) is 0 Å². The maximum atomic E-state index is 9.68. The fourth-order valence-electron chi connectivity index (χ4n) is 0.245. The van der Waals surface area contributed by atoms with Crippen LogP contribution in [0.2, 0.25) is 0 Å². The van der Waals surface area contributed by atoms with E-state index in [0.29, 0.717) is 0 Å². The van der Waals surface area contributed by atoms with Crippen molar-refractivity contribution in [3.05, 3.63) is 16.5 Å². The van der Waals surface area contributed by atoms with Gasteiger partial charge in [-0.2, -0.15) is 0 Å². The van der Waals surface area contributed by atoms with Crippen molar-refractivity contribution in [3.8, 4) is 0 Å². The minimum absolute atomic E-state index is 0.509. The van der Waals surface area contributed by atoms with E-state index < -0.39 is 10.9 Å². The molecule has 1 aromatic rings. The van der Waals surface area contributed by atoms with Crippen molar-refractivity contribution in [3.63, 3.8) is 0 Å². The van der Waals surface area contributed by atoms with Gasteiger partial charge < -0.3 is 10.1 Å². The summed E-state index contributed by atoms with van der Waals surface area (Å²) in [5.41, 5.74) is 0. The third kappa shape index (κ3) is 0.625. The van der Waals surface area contributed by atoms with Crippen molar-refractivity contribution in [2.24, 2.45) is 0 Å². The third-order valence-electron chi connectivity index (χ3n) is 0.513. The van der Waals surface area contributed by atoms with Crippen molar-refractivity contribution in [1.82, 2.24) is 10.1 Å². The summed E-state index contributed by atoms with van der Waals surface area (Å²) >= 11 is 0. The van der Waals surface area contributed by atoms with Crippen LogP contribution in [-0.2, 0) is 0 Å². The quantitative estimate of drug-likeness (QED) is 0.379. The Balaban J connectivity index is 2.93. The average molecular weight is 115 g/mol. The van der Waals surface area contributed by atoms with Crippen LogP contribution in [0.25, 0.3) is 0 Å². The van der Waals surface area contributed by atoms with Crippen LogP contribution in [0.5, 0.6) is 0 Å². The number of aromatic nitrogens is 2. The van der Waals surface area contributed by atoms with E-state index >= 15 is 0 Å². The van der Waals surface area contributed by atoms with Crippen LogP contribution >= 0.6 is 0 Å². The van der Waals surface area contributed by atoms with E-state index in [1.165, 1.54) is 0 Å². The molecule has 0 unspecified atom stereocenters. The van der Waals surface area contributed by atoms with Crippen molar-refractivity contribution >= 4 is 5.95 Å². The molecule has 0 radical (unpaired) electrons. The van der Waals surface area contributed by atoms with Gasteiger partial charge in [0.2, 0.25) is 0 Å². The predicted octanol–water partition coefficient (Wildman–Crippen LogP) is -0.0222. The Morgan fingerprint density at radius 2 is 2.62 bits per heavy atom. The normalized spacial score (nSPS) is 9.00. The molecule has 1 aromatic heterocycles. The molecular formula is C2HN3O3.